The number of carbonyl (C=O) groups excluding carboxylic acids is 2. The number of rotatable bonds is 8. The summed E-state index contributed by atoms with van der Waals surface area (Å²) in [6.07, 6.45) is 1.94. The van der Waals surface area contributed by atoms with Crippen molar-refractivity contribution in [3.8, 4) is 0 Å². The largest absolute Gasteiger partial charge is 0.340 e. The Labute approximate surface area is 172 Å². The van der Waals surface area contributed by atoms with Crippen LogP contribution in [0.1, 0.15) is 42.9 Å². The van der Waals surface area contributed by atoms with E-state index in [2.05, 4.69) is 53.4 Å². The summed E-state index contributed by atoms with van der Waals surface area (Å²) in [6.45, 7) is 3.08. The second-order valence-corrected chi connectivity index (χ2v) is 7.38. The molecule has 0 unspecified atom stereocenters. The fraction of sp³-hybridized carbons (Fsp3) is 0.391. The summed E-state index contributed by atoms with van der Waals surface area (Å²) in [5.41, 5.74) is 4.15. The van der Waals surface area contributed by atoms with Gasteiger partial charge in [0.1, 0.15) is 0 Å². The van der Waals surface area contributed by atoms with E-state index in [9.17, 15) is 9.59 Å². The zero-order valence-corrected chi connectivity index (χ0v) is 16.7. The first-order chi connectivity index (χ1) is 14.2. The molecule has 0 radical (unpaired) electrons. The van der Waals surface area contributed by atoms with Crippen molar-refractivity contribution in [2.45, 2.75) is 31.7 Å². The predicted octanol–water partition coefficient (Wildman–Crippen LogP) is 2.99. The molecule has 154 valence electrons. The smallest absolute Gasteiger partial charge is 0.243 e. The predicted molar refractivity (Wildman–Crippen MR) is 111 cm³/mol. The lowest BCUT2D eigenvalue weighted by Crippen LogP contribution is -2.49. The first-order valence-corrected chi connectivity index (χ1v) is 10.2. The van der Waals surface area contributed by atoms with Crippen LogP contribution >= 0.6 is 0 Å². The molecule has 0 saturated carbocycles. The van der Waals surface area contributed by atoms with Gasteiger partial charge in [-0.2, -0.15) is 0 Å². The average molecular weight is 396 g/mol. The van der Waals surface area contributed by atoms with Crippen molar-refractivity contribution in [3.63, 3.8) is 0 Å². The standard InChI is InChI=1S/C23H29N3O3/c27-21(24-29)13-7-8-14-22(28)25-15-17-26(18-16-25)23(19-9-3-1-4-10-19)20-11-5-2-6-12-20/h1-6,9-12,23,29H,7-8,13-18H2,(H,24,27). The van der Waals surface area contributed by atoms with Crippen LogP contribution in [-0.2, 0) is 9.59 Å². The van der Waals surface area contributed by atoms with E-state index in [1.165, 1.54) is 11.1 Å². The van der Waals surface area contributed by atoms with Gasteiger partial charge < -0.3 is 4.90 Å². The maximum Gasteiger partial charge on any atom is 0.243 e. The number of nitrogens with one attached hydrogen (secondary N) is 1. The highest BCUT2D eigenvalue weighted by atomic mass is 16.5. The van der Waals surface area contributed by atoms with E-state index < -0.39 is 5.91 Å². The topological polar surface area (TPSA) is 72.9 Å². The minimum atomic E-state index is -0.404. The molecule has 0 aliphatic carbocycles. The van der Waals surface area contributed by atoms with E-state index in [0.717, 1.165) is 13.1 Å². The van der Waals surface area contributed by atoms with Crippen molar-refractivity contribution in [1.29, 1.82) is 0 Å². The summed E-state index contributed by atoms with van der Waals surface area (Å²) < 4.78 is 0. The molecule has 1 saturated heterocycles. The number of hydroxylamine groups is 1. The van der Waals surface area contributed by atoms with Crippen LogP contribution in [0.4, 0.5) is 0 Å². The van der Waals surface area contributed by atoms with Crippen molar-refractivity contribution in [3.05, 3.63) is 71.8 Å². The van der Waals surface area contributed by atoms with Gasteiger partial charge in [-0.15, -0.1) is 0 Å². The first-order valence-electron chi connectivity index (χ1n) is 10.2. The van der Waals surface area contributed by atoms with Gasteiger partial charge in [-0.3, -0.25) is 19.7 Å². The highest BCUT2D eigenvalue weighted by molar-refractivity contribution is 5.76. The molecular weight excluding hydrogens is 366 g/mol. The molecule has 2 aromatic rings. The summed E-state index contributed by atoms with van der Waals surface area (Å²) in [7, 11) is 0. The summed E-state index contributed by atoms with van der Waals surface area (Å²) in [6, 6.07) is 21.2. The molecule has 29 heavy (non-hydrogen) atoms. The highest BCUT2D eigenvalue weighted by Gasteiger charge is 2.27. The molecule has 0 bridgehead atoms. The normalized spacial score (nSPS) is 14.8. The zero-order valence-electron chi connectivity index (χ0n) is 16.7. The number of carbonyl (C=O) groups is 2. The molecule has 0 atom stereocenters. The maximum absolute atomic E-state index is 12.5. The van der Waals surface area contributed by atoms with Gasteiger partial charge in [0.2, 0.25) is 11.8 Å². The third-order valence-electron chi connectivity index (χ3n) is 5.43. The minimum absolute atomic E-state index is 0.144. The van der Waals surface area contributed by atoms with Gasteiger partial charge in [-0.05, 0) is 24.0 Å². The van der Waals surface area contributed by atoms with Gasteiger partial charge in [0.15, 0.2) is 0 Å². The van der Waals surface area contributed by atoms with Crippen LogP contribution in [0.15, 0.2) is 60.7 Å². The number of hydrogen-bond donors (Lipinski definition) is 2. The Hall–Kier alpha value is -2.70. The number of nitrogens with zero attached hydrogens (tertiary/aromatic N) is 2. The Morgan fingerprint density at radius 1 is 0.828 bits per heavy atom. The van der Waals surface area contributed by atoms with Crippen LogP contribution in [0.5, 0.6) is 0 Å². The second kappa shape index (κ2) is 10.7. The number of unbranched alkanes of at least 4 members (excludes halogenated alkanes) is 1. The highest BCUT2D eigenvalue weighted by Crippen LogP contribution is 2.29. The molecule has 2 aromatic carbocycles. The van der Waals surface area contributed by atoms with E-state index in [1.54, 1.807) is 5.48 Å². The van der Waals surface area contributed by atoms with Crippen molar-refractivity contribution >= 4 is 11.8 Å². The Morgan fingerprint density at radius 2 is 1.34 bits per heavy atom. The second-order valence-electron chi connectivity index (χ2n) is 7.38. The average Bonchev–Trinajstić information content (AvgIpc) is 2.78. The summed E-state index contributed by atoms with van der Waals surface area (Å²) in [5, 5.41) is 8.50. The molecule has 2 N–H and O–H groups in total. The van der Waals surface area contributed by atoms with E-state index in [-0.39, 0.29) is 18.4 Å². The molecule has 1 fully saturated rings. The van der Waals surface area contributed by atoms with Crippen molar-refractivity contribution in [2.75, 3.05) is 26.2 Å². The molecule has 1 aliphatic heterocycles. The van der Waals surface area contributed by atoms with Crippen molar-refractivity contribution in [2.24, 2.45) is 0 Å². The van der Waals surface area contributed by atoms with Crippen LogP contribution in [0.25, 0.3) is 0 Å². The molecule has 1 heterocycles. The van der Waals surface area contributed by atoms with Crippen LogP contribution in [0.3, 0.4) is 0 Å². The molecular formula is C23H29N3O3. The van der Waals surface area contributed by atoms with Crippen LogP contribution in [0.2, 0.25) is 0 Å². The summed E-state index contributed by atoms with van der Waals surface area (Å²) in [5.74, 6) is -0.260. The monoisotopic (exact) mass is 395 g/mol. The van der Waals surface area contributed by atoms with E-state index in [1.807, 2.05) is 17.0 Å². The molecule has 6 nitrogen and oxygen atoms in total. The fourth-order valence-electron chi connectivity index (χ4n) is 3.89. The lowest BCUT2D eigenvalue weighted by atomic mass is 9.96. The van der Waals surface area contributed by atoms with Crippen molar-refractivity contribution in [1.82, 2.24) is 15.3 Å². The molecule has 2 amide bonds. The quantitative estimate of drug-likeness (QED) is 0.409. The van der Waals surface area contributed by atoms with Crippen LogP contribution < -0.4 is 5.48 Å². The lowest BCUT2D eigenvalue weighted by Gasteiger charge is -2.40. The number of hydrogen-bond acceptors (Lipinski definition) is 4. The Bertz CT molecular complexity index is 735. The molecule has 0 spiro atoms. The van der Waals surface area contributed by atoms with Crippen LogP contribution in [-0.4, -0.2) is 53.0 Å². The van der Waals surface area contributed by atoms with Gasteiger partial charge in [-0.1, -0.05) is 60.7 Å². The third kappa shape index (κ3) is 5.89. The third-order valence-corrected chi connectivity index (χ3v) is 5.43. The van der Waals surface area contributed by atoms with E-state index in [4.69, 9.17) is 5.21 Å². The van der Waals surface area contributed by atoms with Crippen LogP contribution in [0, 0.1) is 0 Å². The van der Waals surface area contributed by atoms with Crippen molar-refractivity contribution < 1.29 is 14.8 Å². The van der Waals surface area contributed by atoms with Gasteiger partial charge in [0, 0.05) is 39.0 Å². The molecule has 0 aromatic heterocycles. The van der Waals surface area contributed by atoms with Gasteiger partial charge in [0.25, 0.3) is 0 Å². The lowest BCUT2D eigenvalue weighted by molar-refractivity contribution is -0.134. The molecule has 6 heteroatoms. The number of benzene rings is 2. The summed E-state index contributed by atoms with van der Waals surface area (Å²) in [4.78, 5) is 27.9. The number of piperazine rings is 1. The Morgan fingerprint density at radius 3 is 1.86 bits per heavy atom. The maximum atomic E-state index is 12.5. The van der Waals surface area contributed by atoms with E-state index >= 15 is 0 Å². The Kier molecular flexibility index (Phi) is 7.78. The Balaban J connectivity index is 1.56. The first kappa shape index (κ1) is 21.0. The fourth-order valence-corrected chi connectivity index (χ4v) is 3.89. The number of amides is 2. The molecule has 1 aliphatic rings. The van der Waals surface area contributed by atoms with Gasteiger partial charge >= 0.3 is 0 Å². The van der Waals surface area contributed by atoms with E-state index in [0.29, 0.717) is 32.4 Å². The molecule has 3 rings (SSSR count). The summed E-state index contributed by atoms with van der Waals surface area (Å²) >= 11 is 0. The zero-order chi connectivity index (χ0) is 20.5. The SMILES string of the molecule is O=C(CCCCC(=O)N1CCN(C(c2ccccc2)c2ccccc2)CC1)NO. The minimum Gasteiger partial charge on any atom is -0.340 e. The van der Waals surface area contributed by atoms with Gasteiger partial charge in [0.05, 0.1) is 6.04 Å². The van der Waals surface area contributed by atoms with Gasteiger partial charge in [-0.25, -0.2) is 5.48 Å².